The van der Waals surface area contributed by atoms with Crippen LogP contribution in [-0.4, -0.2) is 5.97 Å². The SMILES string of the molecule is CC(=O)OCc1c(F)c(F)c(F)c(F)c1F. The minimum absolute atomic E-state index is 0.899. The summed E-state index contributed by atoms with van der Waals surface area (Å²) in [5.41, 5.74) is -1.17. The molecule has 0 saturated heterocycles. The molecule has 2 nitrogen and oxygen atoms in total. The standard InChI is InChI=1S/C9H5F5O2/c1-3(15)16-2-4-5(10)7(12)9(14)8(13)6(4)11/h2H2,1H3. The number of carbonyl (C=O) groups is 1. The van der Waals surface area contributed by atoms with Crippen LogP contribution in [0, 0.1) is 29.1 Å². The number of rotatable bonds is 2. The monoisotopic (exact) mass is 240 g/mol. The van der Waals surface area contributed by atoms with Crippen molar-refractivity contribution in [1.82, 2.24) is 0 Å². The minimum Gasteiger partial charge on any atom is -0.461 e. The summed E-state index contributed by atoms with van der Waals surface area (Å²) >= 11 is 0. The van der Waals surface area contributed by atoms with Crippen LogP contribution in [0.4, 0.5) is 22.0 Å². The van der Waals surface area contributed by atoms with Crippen LogP contribution >= 0.6 is 0 Å². The summed E-state index contributed by atoms with van der Waals surface area (Å²) in [5.74, 6) is -11.3. The molecule has 1 aromatic rings. The quantitative estimate of drug-likeness (QED) is 0.343. The maximum absolute atomic E-state index is 12.9. The summed E-state index contributed by atoms with van der Waals surface area (Å²) in [6.07, 6.45) is 0. The van der Waals surface area contributed by atoms with E-state index in [9.17, 15) is 26.7 Å². The second-order valence-electron chi connectivity index (χ2n) is 2.83. The molecule has 0 aliphatic heterocycles. The fraction of sp³-hybridized carbons (Fsp3) is 0.222. The van der Waals surface area contributed by atoms with Crippen molar-refractivity contribution in [1.29, 1.82) is 0 Å². The Balaban J connectivity index is 3.23. The van der Waals surface area contributed by atoms with Gasteiger partial charge in [0.25, 0.3) is 0 Å². The molecule has 0 heterocycles. The fourth-order valence-corrected chi connectivity index (χ4v) is 0.951. The van der Waals surface area contributed by atoms with E-state index < -0.39 is 47.2 Å². The van der Waals surface area contributed by atoms with E-state index >= 15 is 0 Å². The lowest BCUT2D eigenvalue weighted by Gasteiger charge is -2.07. The molecule has 16 heavy (non-hydrogen) atoms. The van der Waals surface area contributed by atoms with Crippen LogP contribution in [0.2, 0.25) is 0 Å². The van der Waals surface area contributed by atoms with E-state index in [2.05, 4.69) is 4.74 Å². The second kappa shape index (κ2) is 4.46. The van der Waals surface area contributed by atoms with Crippen molar-refractivity contribution < 1.29 is 31.5 Å². The van der Waals surface area contributed by atoms with Gasteiger partial charge in [0, 0.05) is 6.92 Å². The average molecular weight is 240 g/mol. The van der Waals surface area contributed by atoms with Crippen LogP contribution in [0.15, 0.2) is 0 Å². The smallest absolute Gasteiger partial charge is 0.302 e. The molecule has 0 aliphatic rings. The summed E-state index contributed by atoms with van der Waals surface area (Å²) in [5, 5.41) is 0. The van der Waals surface area contributed by atoms with Crippen LogP contribution in [0.25, 0.3) is 0 Å². The van der Waals surface area contributed by atoms with Crippen LogP contribution in [0.1, 0.15) is 12.5 Å². The molecule has 88 valence electrons. The Kier molecular flexibility index (Phi) is 3.46. The highest BCUT2D eigenvalue weighted by atomic mass is 19.2. The topological polar surface area (TPSA) is 26.3 Å². The Morgan fingerprint density at radius 1 is 0.938 bits per heavy atom. The molecule has 0 radical (unpaired) electrons. The number of ether oxygens (including phenoxy) is 1. The third-order valence-electron chi connectivity index (χ3n) is 1.72. The maximum Gasteiger partial charge on any atom is 0.302 e. The Labute approximate surface area is 86.6 Å². The zero-order chi connectivity index (χ0) is 12.5. The first kappa shape index (κ1) is 12.4. The lowest BCUT2D eigenvalue weighted by Crippen LogP contribution is -2.10. The number of halogens is 5. The third kappa shape index (κ3) is 2.12. The molecule has 0 amide bonds. The first-order valence-corrected chi connectivity index (χ1v) is 4.00. The van der Waals surface area contributed by atoms with Crippen molar-refractivity contribution >= 4 is 5.97 Å². The molecular weight excluding hydrogens is 235 g/mol. The van der Waals surface area contributed by atoms with E-state index in [4.69, 9.17) is 0 Å². The van der Waals surface area contributed by atoms with E-state index in [1.807, 2.05) is 0 Å². The van der Waals surface area contributed by atoms with Gasteiger partial charge < -0.3 is 4.74 Å². The predicted molar refractivity (Wildman–Crippen MR) is 41.7 cm³/mol. The zero-order valence-corrected chi connectivity index (χ0v) is 7.91. The Bertz CT molecular complexity index is 415. The lowest BCUT2D eigenvalue weighted by molar-refractivity contribution is -0.142. The van der Waals surface area contributed by atoms with Gasteiger partial charge in [-0.05, 0) is 0 Å². The van der Waals surface area contributed by atoms with Gasteiger partial charge >= 0.3 is 5.97 Å². The van der Waals surface area contributed by atoms with Crippen molar-refractivity contribution in [3.63, 3.8) is 0 Å². The van der Waals surface area contributed by atoms with E-state index in [0.29, 0.717) is 0 Å². The Morgan fingerprint density at radius 2 is 1.31 bits per heavy atom. The summed E-state index contributed by atoms with van der Waals surface area (Å²) in [6.45, 7) is -0.0762. The second-order valence-corrected chi connectivity index (χ2v) is 2.83. The van der Waals surface area contributed by atoms with E-state index in [1.165, 1.54) is 0 Å². The highest BCUT2D eigenvalue weighted by molar-refractivity contribution is 5.65. The summed E-state index contributed by atoms with van der Waals surface area (Å²) < 4.78 is 67.9. The van der Waals surface area contributed by atoms with E-state index in [1.54, 1.807) is 0 Å². The maximum atomic E-state index is 12.9. The minimum atomic E-state index is -2.25. The van der Waals surface area contributed by atoms with Crippen LogP contribution < -0.4 is 0 Å². The average Bonchev–Trinajstić information content (AvgIpc) is 2.23. The van der Waals surface area contributed by atoms with Gasteiger partial charge in [0.05, 0.1) is 5.56 Å². The number of benzene rings is 1. The van der Waals surface area contributed by atoms with Gasteiger partial charge in [-0.15, -0.1) is 0 Å². The molecule has 1 aromatic carbocycles. The first-order chi connectivity index (χ1) is 7.36. The molecule has 0 spiro atoms. The zero-order valence-electron chi connectivity index (χ0n) is 7.91. The first-order valence-electron chi connectivity index (χ1n) is 4.00. The van der Waals surface area contributed by atoms with Crippen molar-refractivity contribution in [2.45, 2.75) is 13.5 Å². The highest BCUT2D eigenvalue weighted by Gasteiger charge is 2.25. The molecule has 0 N–H and O–H groups in total. The highest BCUT2D eigenvalue weighted by Crippen LogP contribution is 2.23. The van der Waals surface area contributed by atoms with E-state index in [0.717, 1.165) is 6.92 Å². The fourth-order valence-electron chi connectivity index (χ4n) is 0.951. The molecular formula is C9H5F5O2. The number of carbonyl (C=O) groups excluding carboxylic acids is 1. The third-order valence-corrected chi connectivity index (χ3v) is 1.72. The van der Waals surface area contributed by atoms with Crippen molar-refractivity contribution in [2.24, 2.45) is 0 Å². The molecule has 0 unspecified atom stereocenters. The lowest BCUT2D eigenvalue weighted by atomic mass is 10.2. The Morgan fingerprint density at radius 3 is 1.69 bits per heavy atom. The molecule has 0 aliphatic carbocycles. The Hall–Kier alpha value is -1.66. The molecule has 0 fully saturated rings. The summed E-state index contributed by atoms with van der Waals surface area (Å²) in [6, 6.07) is 0. The van der Waals surface area contributed by atoms with Crippen LogP contribution in [0.3, 0.4) is 0 Å². The van der Waals surface area contributed by atoms with Crippen LogP contribution in [0.5, 0.6) is 0 Å². The normalized spacial score (nSPS) is 10.4. The largest absolute Gasteiger partial charge is 0.461 e. The molecule has 0 saturated carbocycles. The summed E-state index contributed by atoms with van der Waals surface area (Å²) in [7, 11) is 0. The van der Waals surface area contributed by atoms with Gasteiger partial charge in [-0.3, -0.25) is 4.79 Å². The predicted octanol–water partition coefficient (Wildman–Crippen LogP) is 2.45. The molecule has 1 rings (SSSR count). The van der Waals surface area contributed by atoms with Gasteiger partial charge in [-0.25, -0.2) is 22.0 Å². The van der Waals surface area contributed by atoms with Crippen LogP contribution in [-0.2, 0) is 16.1 Å². The number of hydrogen-bond donors (Lipinski definition) is 0. The van der Waals surface area contributed by atoms with Crippen molar-refractivity contribution in [3.8, 4) is 0 Å². The van der Waals surface area contributed by atoms with Gasteiger partial charge in [0.2, 0.25) is 5.82 Å². The van der Waals surface area contributed by atoms with Gasteiger partial charge in [0.1, 0.15) is 6.61 Å². The molecule has 0 atom stereocenters. The van der Waals surface area contributed by atoms with E-state index in [-0.39, 0.29) is 0 Å². The molecule has 0 bridgehead atoms. The molecule has 7 heteroatoms. The van der Waals surface area contributed by atoms with Gasteiger partial charge in [-0.1, -0.05) is 0 Å². The number of esters is 1. The number of hydrogen-bond acceptors (Lipinski definition) is 2. The van der Waals surface area contributed by atoms with Crippen molar-refractivity contribution in [3.05, 3.63) is 34.6 Å². The molecule has 0 aromatic heterocycles. The van der Waals surface area contributed by atoms with Gasteiger partial charge in [0.15, 0.2) is 23.3 Å². The van der Waals surface area contributed by atoms with Gasteiger partial charge in [-0.2, -0.15) is 0 Å². The van der Waals surface area contributed by atoms with Crippen molar-refractivity contribution in [2.75, 3.05) is 0 Å². The summed E-state index contributed by atoms with van der Waals surface area (Å²) in [4.78, 5) is 10.3.